The Bertz CT molecular complexity index is 250. The molecule has 0 radical (unpaired) electrons. The zero-order valence-corrected chi connectivity index (χ0v) is 10.1. The van der Waals surface area contributed by atoms with Gasteiger partial charge in [-0.25, -0.2) is 0 Å². The standard InChI is InChI=1S/C9H12BrNOS/c1-11(2)13-7-12-9-5-3-8(10)4-6-9/h3-6H,7H2,1-2H3. The molecule has 4 heteroatoms. The van der Waals surface area contributed by atoms with Crippen molar-refractivity contribution in [2.24, 2.45) is 0 Å². The van der Waals surface area contributed by atoms with Gasteiger partial charge in [-0.15, -0.1) is 0 Å². The van der Waals surface area contributed by atoms with Gasteiger partial charge in [-0.3, -0.25) is 4.31 Å². The van der Waals surface area contributed by atoms with Gasteiger partial charge in [0.2, 0.25) is 0 Å². The van der Waals surface area contributed by atoms with Crippen molar-refractivity contribution in [3.05, 3.63) is 28.7 Å². The Morgan fingerprint density at radius 2 is 1.92 bits per heavy atom. The molecule has 1 aromatic rings. The van der Waals surface area contributed by atoms with Crippen LogP contribution in [0.5, 0.6) is 5.75 Å². The normalized spacial score (nSPS) is 10.5. The molecule has 0 aliphatic heterocycles. The molecule has 0 amide bonds. The minimum absolute atomic E-state index is 0.647. The second kappa shape index (κ2) is 5.52. The Kier molecular flexibility index (Phi) is 4.62. The molecule has 0 aliphatic carbocycles. The zero-order valence-electron chi connectivity index (χ0n) is 7.66. The molecule has 0 atom stereocenters. The van der Waals surface area contributed by atoms with Crippen molar-refractivity contribution in [3.8, 4) is 5.75 Å². The van der Waals surface area contributed by atoms with Crippen LogP contribution in [-0.2, 0) is 0 Å². The molecule has 1 aromatic carbocycles. The number of hydrogen-bond acceptors (Lipinski definition) is 3. The first-order valence-electron chi connectivity index (χ1n) is 3.87. The van der Waals surface area contributed by atoms with E-state index < -0.39 is 0 Å². The molecule has 0 bridgehead atoms. The summed E-state index contributed by atoms with van der Waals surface area (Å²) in [5, 5.41) is 0. The van der Waals surface area contributed by atoms with E-state index >= 15 is 0 Å². The predicted molar refractivity (Wildman–Crippen MR) is 60.9 cm³/mol. The third-order valence-electron chi connectivity index (χ3n) is 1.35. The Morgan fingerprint density at radius 3 is 2.46 bits per heavy atom. The highest BCUT2D eigenvalue weighted by Crippen LogP contribution is 2.17. The first-order chi connectivity index (χ1) is 6.18. The maximum absolute atomic E-state index is 5.47. The summed E-state index contributed by atoms with van der Waals surface area (Å²) < 4.78 is 8.55. The monoisotopic (exact) mass is 261 g/mol. The largest absolute Gasteiger partial charge is 0.482 e. The van der Waals surface area contributed by atoms with E-state index in [0.29, 0.717) is 5.94 Å². The molecule has 0 aliphatic rings. The molecule has 0 heterocycles. The summed E-state index contributed by atoms with van der Waals surface area (Å²) in [6.45, 7) is 0. The number of benzene rings is 1. The molecular formula is C9H12BrNOS. The van der Waals surface area contributed by atoms with Crippen LogP contribution in [0.4, 0.5) is 0 Å². The van der Waals surface area contributed by atoms with Crippen molar-refractivity contribution in [1.82, 2.24) is 4.31 Å². The molecule has 2 nitrogen and oxygen atoms in total. The average molecular weight is 262 g/mol. The van der Waals surface area contributed by atoms with Gasteiger partial charge in [-0.05, 0) is 50.3 Å². The van der Waals surface area contributed by atoms with Gasteiger partial charge in [0, 0.05) is 4.47 Å². The second-order valence-electron chi connectivity index (χ2n) is 2.66. The predicted octanol–water partition coefficient (Wildman–Crippen LogP) is 3.00. The highest BCUT2D eigenvalue weighted by Gasteiger charge is 1.94. The van der Waals surface area contributed by atoms with Crippen LogP contribution in [0, 0.1) is 0 Å². The van der Waals surface area contributed by atoms with Gasteiger partial charge in [0.25, 0.3) is 0 Å². The van der Waals surface area contributed by atoms with Crippen LogP contribution in [-0.4, -0.2) is 24.3 Å². The van der Waals surface area contributed by atoms with Crippen molar-refractivity contribution in [1.29, 1.82) is 0 Å². The summed E-state index contributed by atoms with van der Waals surface area (Å²) in [4.78, 5) is 0. The summed E-state index contributed by atoms with van der Waals surface area (Å²) in [5.74, 6) is 1.55. The van der Waals surface area contributed by atoms with Gasteiger partial charge >= 0.3 is 0 Å². The van der Waals surface area contributed by atoms with Crippen LogP contribution in [0.15, 0.2) is 28.7 Å². The number of rotatable bonds is 4. The van der Waals surface area contributed by atoms with E-state index in [2.05, 4.69) is 15.9 Å². The summed E-state index contributed by atoms with van der Waals surface area (Å²) in [5.41, 5.74) is 0. The molecule has 72 valence electrons. The molecule has 0 unspecified atom stereocenters. The van der Waals surface area contributed by atoms with Crippen LogP contribution in [0.2, 0.25) is 0 Å². The van der Waals surface area contributed by atoms with Crippen molar-refractivity contribution < 1.29 is 4.74 Å². The van der Waals surface area contributed by atoms with Crippen LogP contribution >= 0.6 is 27.9 Å². The van der Waals surface area contributed by atoms with E-state index in [-0.39, 0.29) is 0 Å². The molecule has 1 rings (SSSR count). The lowest BCUT2D eigenvalue weighted by Gasteiger charge is -2.09. The number of hydrogen-bond donors (Lipinski definition) is 0. The molecular weight excluding hydrogens is 250 g/mol. The topological polar surface area (TPSA) is 12.5 Å². The summed E-state index contributed by atoms with van der Waals surface area (Å²) in [6.07, 6.45) is 0. The maximum Gasteiger partial charge on any atom is 0.148 e. The van der Waals surface area contributed by atoms with Crippen molar-refractivity contribution in [2.45, 2.75) is 0 Å². The van der Waals surface area contributed by atoms with Crippen molar-refractivity contribution in [2.75, 3.05) is 20.0 Å². The minimum Gasteiger partial charge on any atom is -0.482 e. The molecule has 0 aromatic heterocycles. The number of halogens is 1. The molecule has 13 heavy (non-hydrogen) atoms. The maximum atomic E-state index is 5.47. The fourth-order valence-electron chi connectivity index (χ4n) is 0.731. The lowest BCUT2D eigenvalue weighted by atomic mass is 10.3. The third-order valence-corrected chi connectivity index (χ3v) is 2.62. The van der Waals surface area contributed by atoms with Crippen LogP contribution in [0.3, 0.4) is 0 Å². The van der Waals surface area contributed by atoms with Gasteiger partial charge < -0.3 is 4.74 Å². The lowest BCUT2D eigenvalue weighted by Crippen LogP contribution is -2.04. The molecule has 0 fully saturated rings. The summed E-state index contributed by atoms with van der Waals surface area (Å²) in [7, 11) is 3.99. The highest BCUT2D eigenvalue weighted by molar-refractivity contribution is 9.10. The first kappa shape index (κ1) is 10.9. The summed E-state index contributed by atoms with van der Waals surface area (Å²) >= 11 is 5.00. The average Bonchev–Trinajstić information content (AvgIpc) is 2.08. The Hall–Kier alpha value is -0.190. The third kappa shape index (κ3) is 4.55. The summed E-state index contributed by atoms with van der Waals surface area (Å²) in [6, 6.07) is 7.83. The number of ether oxygens (including phenoxy) is 1. The molecule has 0 saturated heterocycles. The van der Waals surface area contributed by atoms with E-state index in [1.54, 1.807) is 11.9 Å². The minimum atomic E-state index is 0.647. The van der Waals surface area contributed by atoms with E-state index in [0.717, 1.165) is 10.2 Å². The number of nitrogens with zero attached hydrogens (tertiary/aromatic N) is 1. The molecule has 0 N–H and O–H groups in total. The molecule has 0 spiro atoms. The van der Waals surface area contributed by atoms with Gasteiger partial charge in [0.1, 0.15) is 11.7 Å². The van der Waals surface area contributed by atoms with E-state index in [9.17, 15) is 0 Å². The van der Waals surface area contributed by atoms with Crippen LogP contribution in [0.25, 0.3) is 0 Å². The fourth-order valence-corrected chi connectivity index (χ4v) is 1.39. The SMILES string of the molecule is CN(C)SCOc1ccc(Br)cc1. The van der Waals surface area contributed by atoms with Gasteiger partial charge in [-0.1, -0.05) is 15.9 Å². The van der Waals surface area contributed by atoms with Gasteiger partial charge in [0.15, 0.2) is 0 Å². The quantitative estimate of drug-likeness (QED) is 0.611. The second-order valence-corrected chi connectivity index (χ2v) is 4.80. The zero-order chi connectivity index (χ0) is 9.68. The van der Waals surface area contributed by atoms with E-state index in [1.165, 1.54) is 0 Å². The van der Waals surface area contributed by atoms with Gasteiger partial charge in [-0.2, -0.15) is 0 Å². The Morgan fingerprint density at radius 1 is 1.31 bits per heavy atom. The van der Waals surface area contributed by atoms with Crippen LogP contribution in [0.1, 0.15) is 0 Å². The Labute approximate surface area is 91.5 Å². The molecule has 0 saturated carbocycles. The Balaban J connectivity index is 2.33. The smallest absolute Gasteiger partial charge is 0.148 e. The first-order valence-corrected chi connectivity index (χ1v) is 5.60. The van der Waals surface area contributed by atoms with Crippen molar-refractivity contribution >= 4 is 27.9 Å². The van der Waals surface area contributed by atoms with E-state index in [1.807, 2.05) is 42.7 Å². The van der Waals surface area contributed by atoms with E-state index in [4.69, 9.17) is 4.74 Å². The van der Waals surface area contributed by atoms with Crippen molar-refractivity contribution in [3.63, 3.8) is 0 Å². The van der Waals surface area contributed by atoms with Crippen LogP contribution < -0.4 is 4.74 Å². The fraction of sp³-hybridized carbons (Fsp3) is 0.333. The van der Waals surface area contributed by atoms with Gasteiger partial charge in [0.05, 0.1) is 0 Å². The lowest BCUT2D eigenvalue weighted by molar-refractivity contribution is 0.388. The highest BCUT2D eigenvalue weighted by atomic mass is 79.9.